The fourth-order valence-corrected chi connectivity index (χ4v) is 5.86. The SMILES string of the molecule is CCC1C=c2c3c(cn(C)c2=O)-c2cc(N[S+]([O-])CC)ccc2N(c2ccc(Cl)cc2Cl)C=3C1. The number of aromatic nitrogens is 1. The molecule has 2 heterocycles. The summed E-state index contributed by atoms with van der Waals surface area (Å²) in [6.07, 6.45) is 5.74. The van der Waals surface area contributed by atoms with Crippen LogP contribution in [0.5, 0.6) is 0 Å². The lowest BCUT2D eigenvalue weighted by atomic mass is 9.86. The highest BCUT2D eigenvalue weighted by atomic mass is 35.5. The average Bonchev–Trinajstić information content (AvgIpc) is 2.82. The molecule has 2 aliphatic rings. The van der Waals surface area contributed by atoms with Crippen LogP contribution in [0.15, 0.2) is 47.4 Å². The maximum Gasteiger partial charge on any atom is 0.257 e. The zero-order chi connectivity index (χ0) is 24.1. The van der Waals surface area contributed by atoms with Crippen LogP contribution < -0.4 is 25.6 Å². The molecule has 2 aromatic carbocycles. The van der Waals surface area contributed by atoms with Crippen LogP contribution in [0.1, 0.15) is 26.7 Å². The van der Waals surface area contributed by atoms with E-state index in [1.807, 2.05) is 43.5 Å². The number of fused-ring (bicyclic) bond motifs is 2. The van der Waals surface area contributed by atoms with Crippen LogP contribution in [-0.4, -0.2) is 14.9 Å². The number of rotatable bonds is 5. The van der Waals surface area contributed by atoms with Crippen molar-refractivity contribution >= 4 is 63.4 Å². The molecule has 5 nitrogen and oxygen atoms in total. The summed E-state index contributed by atoms with van der Waals surface area (Å²) < 4.78 is 16.9. The van der Waals surface area contributed by atoms with E-state index in [1.165, 1.54) is 0 Å². The molecular weight excluding hydrogens is 489 g/mol. The van der Waals surface area contributed by atoms with E-state index in [4.69, 9.17) is 23.2 Å². The molecule has 0 amide bonds. The minimum atomic E-state index is -1.17. The number of anilines is 3. The normalized spacial score (nSPS) is 17.1. The minimum Gasteiger partial charge on any atom is -0.593 e. The van der Waals surface area contributed by atoms with Gasteiger partial charge in [0.15, 0.2) is 0 Å². The number of hydrogen-bond acceptors (Lipinski definition) is 4. The Kier molecular flexibility index (Phi) is 6.19. The van der Waals surface area contributed by atoms with Gasteiger partial charge >= 0.3 is 0 Å². The number of hydrogen-bond donors (Lipinski definition) is 1. The summed E-state index contributed by atoms with van der Waals surface area (Å²) in [5, 5.41) is 2.78. The van der Waals surface area contributed by atoms with Crippen molar-refractivity contribution in [1.29, 1.82) is 0 Å². The topological polar surface area (TPSA) is 60.3 Å². The maximum absolute atomic E-state index is 13.2. The first-order valence-corrected chi connectivity index (χ1v) is 13.4. The Labute approximate surface area is 211 Å². The van der Waals surface area contributed by atoms with Crippen LogP contribution >= 0.6 is 23.2 Å². The third-order valence-electron chi connectivity index (χ3n) is 6.53. The first-order valence-electron chi connectivity index (χ1n) is 11.3. The number of nitrogens with one attached hydrogen (secondary N) is 1. The lowest BCUT2D eigenvalue weighted by Gasteiger charge is -2.37. The van der Waals surface area contributed by atoms with Gasteiger partial charge < -0.3 is 14.0 Å². The predicted octanol–water partition coefficient (Wildman–Crippen LogP) is 4.92. The molecule has 0 bridgehead atoms. The van der Waals surface area contributed by atoms with Crippen LogP contribution in [-0.2, 0) is 18.4 Å². The van der Waals surface area contributed by atoms with Gasteiger partial charge in [0.05, 0.1) is 33.4 Å². The van der Waals surface area contributed by atoms with Gasteiger partial charge in [0.1, 0.15) is 5.75 Å². The zero-order valence-corrected chi connectivity index (χ0v) is 21.5. The number of nitrogens with zero attached hydrogens (tertiary/aromatic N) is 2. The fraction of sp³-hybridized carbons (Fsp3) is 0.269. The van der Waals surface area contributed by atoms with Crippen molar-refractivity contribution in [3.63, 3.8) is 0 Å². The van der Waals surface area contributed by atoms with E-state index >= 15 is 0 Å². The van der Waals surface area contributed by atoms with E-state index in [0.717, 1.165) is 57.2 Å². The highest BCUT2D eigenvalue weighted by molar-refractivity contribution is 7.92. The number of aryl methyl sites for hydroxylation is 1. The van der Waals surface area contributed by atoms with Crippen LogP contribution in [0.4, 0.5) is 17.1 Å². The highest BCUT2D eigenvalue weighted by Crippen LogP contribution is 2.46. The monoisotopic (exact) mass is 513 g/mol. The summed E-state index contributed by atoms with van der Waals surface area (Å²) in [6, 6.07) is 11.5. The summed E-state index contributed by atoms with van der Waals surface area (Å²) in [5.41, 5.74) is 5.52. The minimum absolute atomic E-state index is 0.0126. The van der Waals surface area contributed by atoms with Crippen molar-refractivity contribution in [3.8, 4) is 11.1 Å². The van der Waals surface area contributed by atoms with Gasteiger partial charge in [0, 0.05) is 45.5 Å². The number of benzene rings is 2. The van der Waals surface area contributed by atoms with E-state index in [2.05, 4.69) is 22.6 Å². The first kappa shape index (κ1) is 23.4. The molecule has 0 radical (unpaired) electrons. The van der Waals surface area contributed by atoms with Crippen LogP contribution in [0.2, 0.25) is 10.0 Å². The molecule has 3 aromatic rings. The van der Waals surface area contributed by atoms with Crippen LogP contribution in [0, 0.1) is 5.92 Å². The van der Waals surface area contributed by atoms with Gasteiger partial charge in [0.2, 0.25) is 0 Å². The van der Waals surface area contributed by atoms with Crippen molar-refractivity contribution in [3.05, 3.63) is 73.4 Å². The van der Waals surface area contributed by atoms with Crippen LogP contribution in [0.25, 0.3) is 22.9 Å². The first-order chi connectivity index (χ1) is 16.3. The van der Waals surface area contributed by atoms with Crippen molar-refractivity contribution in [2.75, 3.05) is 15.4 Å². The zero-order valence-electron chi connectivity index (χ0n) is 19.2. The Morgan fingerprint density at radius 2 is 1.88 bits per heavy atom. The molecule has 2 atom stereocenters. The standard InChI is InChI=1S/C26H25Cl2N3O2S/c1-4-15-10-19-25-20(14-30(3)26(19)32)18-13-17(29-34(33)5-2)7-9-22(18)31(24(25)11-15)23-8-6-16(27)12-21(23)28/h6-10,12-15,29H,4-5,11H2,1-3H3. The molecule has 1 aromatic heterocycles. The second kappa shape index (κ2) is 9.00. The van der Waals surface area contributed by atoms with E-state index in [9.17, 15) is 9.35 Å². The molecule has 1 aliphatic carbocycles. The lowest BCUT2D eigenvalue weighted by Crippen LogP contribution is -2.51. The molecule has 0 spiro atoms. The molecular formula is C26H25Cl2N3O2S. The molecule has 176 valence electrons. The second-order valence-corrected chi connectivity index (χ2v) is 10.9. The molecule has 1 N–H and O–H groups in total. The molecule has 0 fully saturated rings. The molecule has 5 rings (SSSR count). The van der Waals surface area contributed by atoms with Crippen molar-refractivity contribution < 1.29 is 4.55 Å². The Hall–Kier alpha value is -2.38. The Bertz CT molecular complexity index is 1480. The summed E-state index contributed by atoms with van der Waals surface area (Å²) in [4.78, 5) is 15.4. The molecule has 0 saturated carbocycles. The summed E-state index contributed by atoms with van der Waals surface area (Å²) in [6.45, 7) is 4.01. The van der Waals surface area contributed by atoms with Gasteiger partial charge in [-0.3, -0.25) is 4.79 Å². The van der Waals surface area contributed by atoms with Gasteiger partial charge in [-0.15, -0.1) is 0 Å². The van der Waals surface area contributed by atoms with Gasteiger partial charge in [0.25, 0.3) is 5.56 Å². The predicted molar refractivity (Wildman–Crippen MR) is 144 cm³/mol. The summed E-state index contributed by atoms with van der Waals surface area (Å²) in [5.74, 6) is 0.748. The molecule has 34 heavy (non-hydrogen) atoms. The second-order valence-electron chi connectivity index (χ2n) is 8.63. The van der Waals surface area contributed by atoms with Crippen molar-refractivity contribution in [2.45, 2.75) is 26.7 Å². The average molecular weight is 514 g/mol. The van der Waals surface area contributed by atoms with Gasteiger partial charge in [-0.2, -0.15) is 0 Å². The van der Waals surface area contributed by atoms with Crippen molar-refractivity contribution in [1.82, 2.24) is 4.57 Å². The number of halogens is 2. The van der Waals surface area contributed by atoms with Gasteiger partial charge in [-0.05, 0) is 62.1 Å². The van der Waals surface area contributed by atoms with E-state index in [0.29, 0.717) is 15.8 Å². The smallest absolute Gasteiger partial charge is 0.257 e. The highest BCUT2D eigenvalue weighted by Gasteiger charge is 2.31. The molecule has 0 saturated heterocycles. The fourth-order valence-electron chi connectivity index (χ4n) is 4.84. The van der Waals surface area contributed by atoms with E-state index in [1.54, 1.807) is 17.7 Å². The van der Waals surface area contributed by atoms with E-state index < -0.39 is 11.4 Å². The number of pyridine rings is 1. The third-order valence-corrected chi connectivity index (χ3v) is 8.05. The quantitative estimate of drug-likeness (QED) is 0.491. The maximum atomic E-state index is 13.2. The van der Waals surface area contributed by atoms with Crippen LogP contribution in [0.3, 0.4) is 0 Å². The lowest BCUT2D eigenvalue weighted by molar-refractivity contribution is 0.601. The molecule has 2 unspecified atom stereocenters. The molecule has 8 heteroatoms. The Balaban J connectivity index is 1.88. The van der Waals surface area contributed by atoms with E-state index in [-0.39, 0.29) is 11.5 Å². The largest absolute Gasteiger partial charge is 0.593 e. The summed E-state index contributed by atoms with van der Waals surface area (Å²) in [7, 11) is 1.79. The van der Waals surface area contributed by atoms with Gasteiger partial charge in [-0.25, -0.2) is 4.72 Å². The van der Waals surface area contributed by atoms with Crippen molar-refractivity contribution in [2.24, 2.45) is 13.0 Å². The Morgan fingerprint density at radius 3 is 2.59 bits per heavy atom. The Morgan fingerprint density at radius 1 is 1.12 bits per heavy atom. The summed E-state index contributed by atoms with van der Waals surface area (Å²) >= 11 is 11.8. The van der Waals surface area contributed by atoms with Gasteiger partial charge in [-0.1, -0.05) is 36.2 Å². The molecule has 1 aliphatic heterocycles. The third kappa shape index (κ3) is 3.83.